The molecule has 0 aromatic heterocycles. The van der Waals surface area contributed by atoms with Crippen LogP contribution >= 0.6 is 0 Å². The quantitative estimate of drug-likeness (QED) is 0.738. The van der Waals surface area contributed by atoms with Gasteiger partial charge in [-0.2, -0.15) is 0 Å². The van der Waals surface area contributed by atoms with E-state index in [1.54, 1.807) is 12.0 Å². The summed E-state index contributed by atoms with van der Waals surface area (Å²) >= 11 is 0. The zero-order chi connectivity index (χ0) is 16.8. The first kappa shape index (κ1) is 17.3. The number of aliphatic hydroxyl groups is 1. The Balaban J connectivity index is 2.21. The molecule has 1 fully saturated rings. The number of carbonyl (C=O) groups is 2. The third-order valence-electron chi connectivity index (χ3n) is 4.20. The molecule has 1 aromatic carbocycles. The molecule has 0 saturated carbocycles. The minimum atomic E-state index is -0.408. The van der Waals surface area contributed by atoms with Gasteiger partial charge in [0.25, 0.3) is 0 Å². The molecule has 0 bridgehead atoms. The van der Waals surface area contributed by atoms with Crippen LogP contribution in [0.25, 0.3) is 0 Å². The number of hydrogen-bond acceptors (Lipinski definition) is 4. The SMILES string of the molecule is CCN1C(=O)C[C@@H](C(=O)NCCCO)[C@@H]1c1ccc(OC)cc1. The van der Waals surface area contributed by atoms with Crippen LogP contribution in [0, 0.1) is 5.92 Å². The molecule has 0 aliphatic carbocycles. The summed E-state index contributed by atoms with van der Waals surface area (Å²) in [6.45, 7) is 2.94. The molecule has 1 saturated heterocycles. The average molecular weight is 320 g/mol. The Labute approximate surface area is 136 Å². The molecule has 1 aliphatic rings. The zero-order valence-electron chi connectivity index (χ0n) is 13.6. The summed E-state index contributed by atoms with van der Waals surface area (Å²) in [4.78, 5) is 26.4. The van der Waals surface area contributed by atoms with Crippen molar-refractivity contribution in [3.63, 3.8) is 0 Å². The minimum Gasteiger partial charge on any atom is -0.497 e. The predicted molar refractivity (Wildman–Crippen MR) is 85.9 cm³/mol. The van der Waals surface area contributed by atoms with Crippen molar-refractivity contribution in [2.75, 3.05) is 26.8 Å². The highest BCUT2D eigenvalue weighted by atomic mass is 16.5. The normalized spacial score (nSPS) is 20.7. The standard InChI is InChI=1S/C17H24N2O4/c1-3-19-15(21)11-14(17(22)18-9-4-10-20)16(19)12-5-7-13(23-2)8-6-12/h5-8,14,16,20H,3-4,9-11H2,1-2H3,(H,18,22)/t14-,16+/m1/s1. The van der Waals surface area contributed by atoms with Gasteiger partial charge in [-0.1, -0.05) is 12.1 Å². The molecule has 2 rings (SSSR count). The van der Waals surface area contributed by atoms with E-state index >= 15 is 0 Å². The molecule has 6 heteroatoms. The van der Waals surface area contributed by atoms with E-state index in [-0.39, 0.29) is 30.9 Å². The van der Waals surface area contributed by atoms with E-state index in [4.69, 9.17) is 9.84 Å². The van der Waals surface area contributed by atoms with E-state index in [0.29, 0.717) is 19.5 Å². The van der Waals surface area contributed by atoms with Gasteiger partial charge in [-0.25, -0.2) is 0 Å². The van der Waals surface area contributed by atoms with E-state index < -0.39 is 5.92 Å². The van der Waals surface area contributed by atoms with Gasteiger partial charge in [0, 0.05) is 26.1 Å². The number of rotatable bonds is 7. The molecule has 1 aliphatic heterocycles. The van der Waals surface area contributed by atoms with Crippen molar-refractivity contribution in [2.24, 2.45) is 5.92 Å². The van der Waals surface area contributed by atoms with Crippen LogP contribution in [0.5, 0.6) is 5.75 Å². The molecule has 0 spiro atoms. The number of hydrogen-bond donors (Lipinski definition) is 2. The lowest BCUT2D eigenvalue weighted by atomic mass is 9.92. The fourth-order valence-electron chi connectivity index (χ4n) is 3.03. The van der Waals surface area contributed by atoms with Crippen molar-refractivity contribution in [1.29, 1.82) is 0 Å². The summed E-state index contributed by atoms with van der Waals surface area (Å²) in [6.07, 6.45) is 0.729. The lowest BCUT2D eigenvalue weighted by Crippen LogP contribution is -2.36. The number of amides is 2. The summed E-state index contributed by atoms with van der Waals surface area (Å²) in [5.41, 5.74) is 0.931. The van der Waals surface area contributed by atoms with Gasteiger partial charge in [0.2, 0.25) is 11.8 Å². The van der Waals surface area contributed by atoms with Crippen LogP contribution in [0.4, 0.5) is 0 Å². The number of methoxy groups -OCH3 is 1. The molecule has 2 amide bonds. The smallest absolute Gasteiger partial charge is 0.226 e. The second-order valence-corrected chi connectivity index (χ2v) is 5.58. The fourth-order valence-corrected chi connectivity index (χ4v) is 3.03. The Bertz CT molecular complexity index is 544. The number of benzene rings is 1. The van der Waals surface area contributed by atoms with Crippen molar-refractivity contribution in [2.45, 2.75) is 25.8 Å². The molecular formula is C17H24N2O4. The maximum atomic E-state index is 12.4. The summed E-state index contributed by atoms with van der Waals surface area (Å²) in [7, 11) is 1.60. The third-order valence-corrected chi connectivity index (χ3v) is 4.20. The first-order valence-corrected chi connectivity index (χ1v) is 7.94. The Kier molecular flexibility index (Phi) is 5.98. The zero-order valence-corrected chi connectivity index (χ0v) is 13.6. The van der Waals surface area contributed by atoms with Gasteiger partial charge >= 0.3 is 0 Å². The number of aliphatic hydroxyl groups excluding tert-OH is 1. The largest absolute Gasteiger partial charge is 0.497 e. The van der Waals surface area contributed by atoms with E-state index in [9.17, 15) is 9.59 Å². The molecule has 2 atom stereocenters. The molecule has 0 radical (unpaired) electrons. The van der Waals surface area contributed by atoms with Crippen molar-refractivity contribution in [3.8, 4) is 5.75 Å². The lowest BCUT2D eigenvalue weighted by molar-refractivity contribution is -0.129. The molecule has 6 nitrogen and oxygen atoms in total. The molecule has 23 heavy (non-hydrogen) atoms. The average Bonchev–Trinajstić information content (AvgIpc) is 2.91. The van der Waals surface area contributed by atoms with Crippen molar-refractivity contribution in [3.05, 3.63) is 29.8 Å². The van der Waals surface area contributed by atoms with Crippen LogP contribution in [-0.2, 0) is 9.59 Å². The van der Waals surface area contributed by atoms with Crippen molar-refractivity contribution >= 4 is 11.8 Å². The highest BCUT2D eigenvalue weighted by molar-refractivity contribution is 5.90. The Hall–Kier alpha value is -2.08. The van der Waals surface area contributed by atoms with Crippen LogP contribution in [-0.4, -0.2) is 48.6 Å². The molecular weight excluding hydrogens is 296 g/mol. The third kappa shape index (κ3) is 3.82. The van der Waals surface area contributed by atoms with Crippen LogP contribution in [0.15, 0.2) is 24.3 Å². The monoisotopic (exact) mass is 320 g/mol. The maximum absolute atomic E-state index is 12.4. The van der Waals surface area contributed by atoms with Crippen LogP contribution in [0.1, 0.15) is 31.4 Å². The van der Waals surface area contributed by atoms with E-state index in [1.165, 1.54) is 0 Å². The van der Waals surface area contributed by atoms with E-state index in [2.05, 4.69) is 5.32 Å². The van der Waals surface area contributed by atoms with Gasteiger partial charge < -0.3 is 20.1 Å². The van der Waals surface area contributed by atoms with Crippen molar-refractivity contribution < 1.29 is 19.4 Å². The number of carbonyl (C=O) groups excluding carboxylic acids is 2. The summed E-state index contributed by atoms with van der Waals surface area (Å²) in [5.74, 6) is 0.193. The first-order valence-electron chi connectivity index (χ1n) is 7.94. The van der Waals surface area contributed by atoms with Crippen LogP contribution in [0.3, 0.4) is 0 Å². The number of likely N-dealkylation sites (tertiary alicyclic amines) is 1. The van der Waals surface area contributed by atoms with Crippen molar-refractivity contribution in [1.82, 2.24) is 10.2 Å². The number of ether oxygens (including phenoxy) is 1. The van der Waals surface area contributed by atoms with Gasteiger partial charge in [-0.3, -0.25) is 9.59 Å². The first-order chi connectivity index (χ1) is 11.1. The second kappa shape index (κ2) is 7.97. The fraction of sp³-hybridized carbons (Fsp3) is 0.529. The van der Waals surface area contributed by atoms with Gasteiger partial charge in [0.1, 0.15) is 5.75 Å². The Morgan fingerprint density at radius 2 is 2.09 bits per heavy atom. The second-order valence-electron chi connectivity index (χ2n) is 5.58. The summed E-state index contributed by atoms with van der Waals surface area (Å²) < 4.78 is 5.16. The lowest BCUT2D eigenvalue weighted by Gasteiger charge is -2.27. The predicted octanol–water partition coefficient (Wildman–Crippen LogP) is 1.10. The minimum absolute atomic E-state index is 0.00405. The van der Waals surface area contributed by atoms with Gasteiger partial charge in [-0.15, -0.1) is 0 Å². The molecule has 126 valence electrons. The van der Waals surface area contributed by atoms with Crippen LogP contribution in [0.2, 0.25) is 0 Å². The molecule has 1 heterocycles. The summed E-state index contributed by atoms with van der Waals surface area (Å²) in [5, 5.41) is 11.6. The highest BCUT2D eigenvalue weighted by Gasteiger charge is 2.43. The van der Waals surface area contributed by atoms with Gasteiger partial charge in [0.05, 0.1) is 19.1 Å². The Morgan fingerprint density at radius 1 is 1.39 bits per heavy atom. The molecule has 0 unspecified atom stereocenters. The maximum Gasteiger partial charge on any atom is 0.226 e. The highest BCUT2D eigenvalue weighted by Crippen LogP contribution is 2.38. The van der Waals surface area contributed by atoms with Crippen LogP contribution < -0.4 is 10.1 Å². The number of nitrogens with zero attached hydrogens (tertiary/aromatic N) is 1. The molecule has 1 aromatic rings. The topological polar surface area (TPSA) is 78.9 Å². The van der Waals surface area contributed by atoms with Gasteiger partial charge in [-0.05, 0) is 31.0 Å². The number of nitrogens with one attached hydrogen (secondary N) is 1. The van der Waals surface area contributed by atoms with Gasteiger partial charge in [0.15, 0.2) is 0 Å². The summed E-state index contributed by atoms with van der Waals surface area (Å²) in [6, 6.07) is 7.23. The Morgan fingerprint density at radius 3 is 2.65 bits per heavy atom. The van der Waals surface area contributed by atoms with E-state index in [0.717, 1.165) is 11.3 Å². The molecule has 2 N–H and O–H groups in total. The van der Waals surface area contributed by atoms with E-state index in [1.807, 2.05) is 31.2 Å².